The number of benzene rings is 7. The van der Waals surface area contributed by atoms with Crippen LogP contribution in [0.4, 0.5) is 0 Å². The molecule has 7 heterocycles. The van der Waals surface area contributed by atoms with Gasteiger partial charge in [0, 0.05) is 73.2 Å². The average Bonchev–Trinajstić information content (AvgIpc) is 4.10. The van der Waals surface area contributed by atoms with Gasteiger partial charge in [-0.05, 0) is 84.4 Å². The van der Waals surface area contributed by atoms with Crippen LogP contribution in [0, 0.1) is 11.3 Å². The Bertz CT molecular complexity index is 4250. The molecular formula is C59H33N7O. The molecule has 0 radical (unpaired) electrons. The van der Waals surface area contributed by atoms with E-state index in [4.69, 9.17) is 14.7 Å². The van der Waals surface area contributed by atoms with Crippen molar-refractivity contribution in [2.24, 2.45) is 0 Å². The van der Waals surface area contributed by atoms with Crippen molar-refractivity contribution in [3.8, 4) is 46.0 Å². The van der Waals surface area contributed by atoms with Gasteiger partial charge in [0.15, 0.2) is 0 Å². The van der Waals surface area contributed by atoms with Crippen LogP contribution in [0.1, 0.15) is 27.8 Å². The highest BCUT2D eigenvalue weighted by molar-refractivity contribution is 6.11. The van der Waals surface area contributed by atoms with Gasteiger partial charge in [-0.2, -0.15) is 5.26 Å². The van der Waals surface area contributed by atoms with E-state index >= 15 is 0 Å². The number of ether oxygens (including phenoxy) is 1. The third kappa shape index (κ3) is 4.61. The maximum Gasteiger partial charge on any atom is 0.134 e. The maximum atomic E-state index is 9.91. The number of hydrogen-bond acceptors (Lipinski definition) is 5. The Morgan fingerprint density at radius 2 is 1.07 bits per heavy atom. The Morgan fingerprint density at radius 1 is 0.433 bits per heavy atom. The quantitative estimate of drug-likeness (QED) is 0.177. The first-order valence-electron chi connectivity index (χ1n) is 22.4. The van der Waals surface area contributed by atoms with Gasteiger partial charge in [0.2, 0.25) is 0 Å². The summed E-state index contributed by atoms with van der Waals surface area (Å²) in [6.45, 7) is 0. The molecule has 13 aromatic rings. The number of fused-ring (bicyclic) bond motifs is 18. The molecule has 0 amide bonds. The summed E-state index contributed by atoms with van der Waals surface area (Å²) in [7, 11) is 0. The summed E-state index contributed by atoms with van der Waals surface area (Å²) in [6, 6.07) is 64.2. The van der Waals surface area contributed by atoms with Crippen molar-refractivity contribution in [2.45, 2.75) is 5.41 Å². The molecule has 7 aromatic carbocycles. The van der Waals surface area contributed by atoms with Crippen molar-refractivity contribution in [1.29, 1.82) is 5.26 Å². The highest BCUT2D eigenvalue weighted by Crippen LogP contribution is 2.63. The normalized spacial score (nSPS) is 14.7. The second-order valence-corrected chi connectivity index (χ2v) is 17.5. The van der Waals surface area contributed by atoms with Crippen LogP contribution in [0.5, 0.6) is 11.5 Å². The van der Waals surface area contributed by atoms with E-state index in [0.29, 0.717) is 5.56 Å². The molecule has 1 spiro atoms. The first-order valence-corrected chi connectivity index (χ1v) is 22.4. The molecule has 67 heavy (non-hydrogen) atoms. The second kappa shape index (κ2) is 13.1. The van der Waals surface area contributed by atoms with Gasteiger partial charge in [-0.15, -0.1) is 0 Å². The number of aromatic nitrogens is 6. The number of para-hydroxylation sites is 4. The molecule has 15 rings (SSSR count). The zero-order valence-corrected chi connectivity index (χ0v) is 35.6. The van der Waals surface area contributed by atoms with E-state index in [1.165, 1.54) is 10.8 Å². The van der Waals surface area contributed by atoms with Crippen molar-refractivity contribution in [3.63, 3.8) is 0 Å². The molecule has 1 aliphatic carbocycles. The van der Waals surface area contributed by atoms with E-state index in [0.717, 1.165) is 117 Å². The van der Waals surface area contributed by atoms with E-state index in [1.807, 2.05) is 43.0 Å². The molecule has 0 bridgehead atoms. The molecule has 8 heteroatoms. The molecule has 1 unspecified atom stereocenters. The molecule has 310 valence electrons. The van der Waals surface area contributed by atoms with E-state index in [2.05, 4.69) is 182 Å². The summed E-state index contributed by atoms with van der Waals surface area (Å²) in [5, 5.41) is 16.6. The van der Waals surface area contributed by atoms with Gasteiger partial charge < -0.3 is 18.4 Å². The van der Waals surface area contributed by atoms with Crippen molar-refractivity contribution in [1.82, 2.24) is 28.7 Å². The van der Waals surface area contributed by atoms with Gasteiger partial charge in [-0.25, -0.2) is 0 Å². The molecular weight excluding hydrogens is 823 g/mol. The van der Waals surface area contributed by atoms with Gasteiger partial charge in [0.25, 0.3) is 0 Å². The standard InChI is InChI=1S/C59H33N7O/c60-32-35-22-25-51-43(29-35)41-14-4-7-18-49(41)64(51)36-23-24-44-55(31-36)67-54-21-9-20-52(66-50-19-8-3-13-40(50)42-26-28-61-34-53(42)66)56(54)59(44)45-15-10-27-62-57(45)58-46(59)30-37(33-63-58)65-47-16-5-1-11-38(47)39-12-2-6-17-48(39)65/h1-31,33-34H. The molecule has 0 N–H and O–H groups in total. The number of nitriles is 1. The highest BCUT2D eigenvalue weighted by Gasteiger charge is 2.54. The fourth-order valence-corrected chi connectivity index (χ4v) is 11.7. The number of pyridine rings is 3. The zero-order valence-electron chi connectivity index (χ0n) is 35.6. The summed E-state index contributed by atoms with van der Waals surface area (Å²) >= 11 is 0. The van der Waals surface area contributed by atoms with Crippen molar-refractivity contribution >= 4 is 65.4 Å². The Hall–Kier alpha value is -9.32. The average molecular weight is 856 g/mol. The minimum absolute atomic E-state index is 0.624. The number of hydrogen-bond donors (Lipinski definition) is 0. The number of rotatable bonds is 3. The van der Waals surface area contributed by atoms with Gasteiger partial charge in [0.1, 0.15) is 11.5 Å². The lowest BCUT2D eigenvalue weighted by atomic mass is 9.65. The summed E-state index contributed by atoms with van der Waals surface area (Å²) in [6.07, 6.45) is 7.72. The Labute approximate surface area is 382 Å². The summed E-state index contributed by atoms with van der Waals surface area (Å²) in [4.78, 5) is 15.3. The SMILES string of the molecule is N#Cc1ccc2c(c1)c1ccccc1n2-c1ccc2c(c1)Oc1cccc(-n3c4ccccc4c4ccncc43)c1C21c2cccnc2-c2ncc(-n3c4ccccc4c4ccccc43)cc21. The third-order valence-corrected chi connectivity index (χ3v) is 14.3. The van der Waals surface area contributed by atoms with Crippen LogP contribution >= 0.6 is 0 Å². The summed E-state index contributed by atoms with van der Waals surface area (Å²) in [5.41, 5.74) is 14.6. The summed E-state index contributed by atoms with van der Waals surface area (Å²) in [5.74, 6) is 1.47. The smallest absolute Gasteiger partial charge is 0.134 e. The Balaban J connectivity index is 1.08. The van der Waals surface area contributed by atoms with E-state index < -0.39 is 5.41 Å². The predicted molar refractivity (Wildman–Crippen MR) is 265 cm³/mol. The second-order valence-electron chi connectivity index (χ2n) is 17.5. The van der Waals surface area contributed by atoms with Crippen molar-refractivity contribution in [2.75, 3.05) is 0 Å². The summed E-state index contributed by atoms with van der Waals surface area (Å²) < 4.78 is 14.3. The zero-order chi connectivity index (χ0) is 44.0. The molecule has 0 saturated heterocycles. The van der Waals surface area contributed by atoms with Gasteiger partial charge >= 0.3 is 0 Å². The van der Waals surface area contributed by atoms with E-state index in [1.54, 1.807) is 0 Å². The minimum Gasteiger partial charge on any atom is -0.457 e. The predicted octanol–water partition coefficient (Wildman–Crippen LogP) is 13.5. The van der Waals surface area contributed by atoms with Crippen LogP contribution in [0.2, 0.25) is 0 Å². The first-order chi connectivity index (χ1) is 33.2. The lowest BCUT2D eigenvalue weighted by Crippen LogP contribution is -2.34. The molecule has 0 fully saturated rings. The third-order valence-electron chi connectivity index (χ3n) is 14.3. The minimum atomic E-state index is -0.957. The van der Waals surface area contributed by atoms with Crippen LogP contribution in [0.3, 0.4) is 0 Å². The fourth-order valence-electron chi connectivity index (χ4n) is 11.7. The van der Waals surface area contributed by atoms with Gasteiger partial charge in [-0.3, -0.25) is 15.0 Å². The van der Waals surface area contributed by atoms with Crippen LogP contribution in [-0.2, 0) is 5.41 Å². The van der Waals surface area contributed by atoms with Crippen LogP contribution in [0.25, 0.3) is 93.9 Å². The highest BCUT2D eigenvalue weighted by atomic mass is 16.5. The monoisotopic (exact) mass is 855 g/mol. The molecule has 6 aromatic heterocycles. The Morgan fingerprint density at radius 3 is 1.81 bits per heavy atom. The van der Waals surface area contributed by atoms with Crippen molar-refractivity contribution < 1.29 is 4.74 Å². The van der Waals surface area contributed by atoms with Crippen LogP contribution < -0.4 is 4.74 Å². The fraction of sp³-hybridized carbons (Fsp3) is 0.0169. The molecule has 1 aliphatic heterocycles. The first kappa shape index (κ1) is 36.1. The molecule has 8 nitrogen and oxygen atoms in total. The van der Waals surface area contributed by atoms with Crippen LogP contribution in [-0.4, -0.2) is 28.7 Å². The van der Waals surface area contributed by atoms with Crippen molar-refractivity contribution in [3.05, 3.63) is 229 Å². The Kier molecular flexibility index (Phi) is 7.07. The van der Waals surface area contributed by atoms with E-state index in [9.17, 15) is 5.26 Å². The van der Waals surface area contributed by atoms with E-state index in [-0.39, 0.29) is 0 Å². The topological polar surface area (TPSA) is 86.5 Å². The lowest BCUT2D eigenvalue weighted by molar-refractivity contribution is 0.435. The lowest BCUT2D eigenvalue weighted by Gasteiger charge is -2.40. The van der Waals surface area contributed by atoms with Gasteiger partial charge in [0.05, 0.1) is 85.3 Å². The molecule has 1 atom stereocenters. The maximum absolute atomic E-state index is 9.91. The largest absolute Gasteiger partial charge is 0.457 e. The van der Waals surface area contributed by atoms with Crippen LogP contribution in [0.15, 0.2) is 201 Å². The molecule has 0 saturated carbocycles. The number of nitrogens with zero attached hydrogens (tertiary/aromatic N) is 7. The molecule has 2 aliphatic rings. The van der Waals surface area contributed by atoms with Gasteiger partial charge in [-0.1, -0.05) is 91.0 Å².